The third-order valence-corrected chi connectivity index (χ3v) is 3.28. The molecule has 1 heterocycles. The average molecular weight is 309 g/mol. The van der Waals surface area contributed by atoms with Crippen LogP contribution >= 0.6 is 0 Å². The number of rotatable bonds is 5. The first-order chi connectivity index (χ1) is 11.2. The van der Waals surface area contributed by atoms with E-state index in [0.717, 1.165) is 16.4 Å². The fraction of sp³-hybridized carbons (Fsp3) is 0.250. The van der Waals surface area contributed by atoms with Crippen molar-refractivity contribution in [1.29, 1.82) is 5.26 Å². The van der Waals surface area contributed by atoms with E-state index in [1.165, 1.54) is 6.07 Å². The summed E-state index contributed by atoms with van der Waals surface area (Å²) in [6.07, 6.45) is 7.38. The summed E-state index contributed by atoms with van der Waals surface area (Å²) in [7, 11) is 1.68. The van der Waals surface area contributed by atoms with E-state index in [0.29, 0.717) is 18.3 Å². The second kappa shape index (κ2) is 7.75. The van der Waals surface area contributed by atoms with E-state index in [1.54, 1.807) is 38.0 Å². The summed E-state index contributed by atoms with van der Waals surface area (Å²) in [5.74, 6) is 0.114. The smallest absolute Gasteiger partial charge is 0.292 e. The Kier molecular flexibility index (Phi) is 5.47. The first kappa shape index (κ1) is 16.2. The molecule has 0 amide bonds. The summed E-state index contributed by atoms with van der Waals surface area (Å²) >= 11 is 0. The Morgan fingerprint density at radius 1 is 1.48 bits per heavy atom. The van der Waals surface area contributed by atoms with Crippen molar-refractivity contribution < 1.29 is 4.74 Å². The molecule has 0 fully saturated rings. The van der Waals surface area contributed by atoms with Crippen LogP contribution in [0.5, 0.6) is 5.75 Å². The number of fused-ring (bicyclic) bond motifs is 1. The van der Waals surface area contributed by atoms with Crippen molar-refractivity contribution in [3.05, 3.63) is 39.4 Å². The molecule has 23 heavy (non-hydrogen) atoms. The van der Waals surface area contributed by atoms with Gasteiger partial charge in [-0.1, -0.05) is 0 Å². The van der Waals surface area contributed by atoms with Crippen LogP contribution in [0.25, 0.3) is 5.57 Å². The van der Waals surface area contributed by atoms with E-state index in [-0.39, 0.29) is 11.4 Å². The second-order valence-corrected chi connectivity index (χ2v) is 4.61. The minimum absolute atomic E-state index is 0.0524. The molecule has 0 radical (unpaired) electrons. The first-order valence-corrected chi connectivity index (χ1v) is 6.96. The maximum Gasteiger partial charge on any atom is 0.292 e. The van der Waals surface area contributed by atoms with Crippen molar-refractivity contribution >= 4 is 23.7 Å². The zero-order valence-electron chi connectivity index (χ0n) is 12.9. The Hall–Kier alpha value is -3.14. The Balaban J connectivity index is 2.79. The third kappa shape index (κ3) is 3.55. The lowest BCUT2D eigenvalue weighted by molar-refractivity contribution is 0.507. The summed E-state index contributed by atoms with van der Waals surface area (Å²) in [5, 5.41) is 13.0. The number of hydrogen-bond acceptors (Lipinski definition) is 7. The molecule has 1 aliphatic heterocycles. The van der Waals surface area contributed by atoms with Gasteiger partial charge >= 0.3 is 0 Å². The van der Waals surface area contributed by atoms with Gasteiger partial charge in [-0.25, -0.2) is 0 Å². The topological polar surface area (TPSA) is 99.5 Å². The van der Waals surface area contributed by atoms with Crippen LogP contribution in [0, 0.1) is 16.4 Å². The number of nitrogens with zero attached hydrogens (tertiary/aromatic N) is 5. The Labute approximate surface area is 133 Å². The van der Waals surface area contributed by atoms with Crippen LogP contribution in [-0.2, 0) is 0 Å². The predicted molar refractivity (Wildman–Crippen MR) is 88.5 cm³/mol. The SMILES string of the molecule is C\C=N/C=C(/C=N\C)C1=c2cc(OC#N)c(N=O)cc2=NCC1. The van der Waals surface area contributed by atoms with Gasteiger partial charge in [-0.3, -0.25) is 15.0 Å². The van der Waals surface area contributed by atoms with Crippen LogP contribution in [0.15, 0.2) is 44.1 Å². The third-order valence-electron chi connectivity index (χ3n) is 3.28. The lowest BCUT2D eigenvalue weighted by Gasteiger charge is -2.12. The molecule has 0 unspecified atom stereocenters. The van der Waals surface area contributed by atoms with E-state index in [1.807, 2.05) is 6.92 Å². The lowest BCUT2D eigenvalue weighted by Crippen LogP contribution is -2.32. The van der Waals surface area contributed by atoms with Crippen molar-refractivity contribution in [3.63, 3.8) is 0 Å². The van der Waals surface area contributed by atoms with Crippen LogP contribution in [0.4, 0.5) is 5.69 Å². The number of nitroso groups, excluding NO2 is 1. The molecule has 0 bridgehead atoms. The highest BCUT2D eigenvalue weighted by atomic mass is 16.5. The average Bonchev–Trinajstić information content (AvgIpc) is 2.58. The number of benzene rings is 1. The normalized spacial score (nSPS) is 14.5. The molecule has 7 nitrogen and oxygen atoms in total. The lowest BCUT2D eigenvalue weighted by atomic mass is 9.98. The van der Waals surface area contributed by atoms with Crippen LogP contribution in [-0.4, -0.2) is 26.0 Å². The molecule has 0 saturated carbocycles. The minimum Gasteiger partial charge on any atom is -0.386 e. The fourth-order valence-electron chi connectivity index (χ4n) is 2.34. The number of aliphatic imine (C=N–C) groups is 2. The Morgan fingerprint density at radius 3 is 2.96 bits per heavy atom. The molecule has 0 N–H and O–H groups in total. The van der Waals surface area contributed by atoms with Gasteiger partial charge in [0.25, 0.3) is 6.26 Å². The van der Waals surface area contributed by atoms with E-state index in [9.17, 15) is 4.91 Å². The van der Waals surface area contributed by atoms with Gasteiger partial charge in [-0.2, -0.15) is 0 Å². The van der Waals surface area contributed by atoms with Gasteiger partial charge in [0.15, 0.2) is 11.4 Å². The summed E-state index contributed by atoms with van der Waals surface area (Å²) in [5.41, 5.74) is 1.87. The molecule has 1 aliphatic rings. The zero-order chi connectivity index (χ0) is 16.7. The molecule has 0 atom stereocenters. The molecule has 2 rings (SSSR count). The number of nitriles is 1. The van der Waals surface area contributed by atoms with Crippen LogP contribution in [0.2, 0.25) is 0 Å². The maximum absolute atomic E-state index is 10.9. The van der Waals surface area contributed by atoms with Crippen molar-refractivity contribution in [2.45, 2.75) is 13.3 Å². The standard InChI is InChI=1S/C16H15N5O2/c1-3-19-9-11(8-18-2)12-4-5-20-14-7-15(21-22)16(23-10-17)6-13(12)14/h3,6-9H,4-5H2,1-2H3/b11-9-,18-8-,19-3-. The maximum atomic E-state index is 10.9. The molecular formula is C16H15N5O2. The summed E-state index contributed by atoms with van der Waals surface area (Å²) < 4.78 is 4.84. The highest BCUT2D eigenvalue weighted by Crippen LogP contribution is 2.24. The van der Waals surface area contributed by atoms with Gasteiger partial charge in [-0.15, -0.1) is 10.2 Å². The van der Waals surface area contributed by atoms with Crippen LogP contribution in [0.1, 0.15) is 13.3 Å². The van der Waals surface area contributed by atoms with Crippen molar-refractivity contribution in [1.82, 2.24) is 0 Å². The summed E-state index contributed by atoms with van der Waals surface area (Å²) in [6.45, 7) is 2.41. The van der Waals surface area contributed by atoms with E-state index in [2.05, 4.69) is 20.2 Å². The van der Waals surface area contributed by atoms with Gasteiger partial charge in [0.2, 0.25) is 0 Å². The van der Waals surface area contributed by atoms with E-state index < -0.39 is 0 Å². The van der Waals surface area contributed by atoms with E-state index in [4.69, 9.17) is 10.00 Å². The summed E-state index contributed by atoms with van der Waals surface area (Å²) in [4.78, 5) is 23.5. The highest BCUT2D eigenvalue weighted by molar-refractivity contribution is 5.95. The molecule has 0 aliphatic carbocycles. The van der Waals surface area contributed by atoms with Gasteiger partial charge in [0.05, 0.1) is 5.36 Å². The van der Waals surface area contributed by atoms with Crippen molar-refractivity contribution in [3.8, 4) is 12.0 Å². The Morgan fingerprint density at radius 2 is 2.30 bits per heavy atom. The van der Waals surface area contributed by atoms with Gasteiger partial charge in [-0.05, 0) is 36.2 Å². The number of allylic oxidation sites excluding steroid dienone is 1. The molecule has 0 saturated heterocycles. The number of hydrogen-bond donors (Lipinski definition) is 0. The first-order valence-electron chi connectivity index (χ1n) is 6.96. The van der Waals surface area contributed by atoms with Crippen LogP contribution < -0.4 is 15.3 Å². The fourth-order valence-corrected chi connectivity index (χ4v) is 2.34. The molecule has 0 aromatic heterocycles. The summed E-state index contributed by atoms with van der Waals surface area (Å²) in [6, 6.07) is 3.14. The van der Waals surface area contributed by atoms with Crippen LogP contribution in [0.3, 0.4) is 0 Å². The van der Waals surface area contributed by atoms with Gasteiger partial charge in [0, 0.05) is 43.0 Å². The molecule has 1 aromatic rings. The van der Waals surface area contributed by atoms with Gasteiger partial charge < -0.3 is 4.74 Å². The second-order valence-electron chi connectivity index (χ2n) is 4.61. The Bertz CT molecular complexity index is 860. The molecule has 0 spiro atoms. The monoisotopic (exact) mass is 309 g/mol. The quantitative estimate of drug-likeness (QED) is 0.471. The molecular weight excluding hydrogens is 294 g/mol. The molecule has 1 aromatic carbocycles. The minimum atomic E-state index is 0.0524. The van der Waals surface area contributed by atoms with Crippen molar-refractivity contribution in [2.24, 2.45) is 20.2 Å². The highest BCUT2D eigenvalue weighted by Gasteiger charge is 2.14. The number of ether oxygens (including phenoxy) is 1. The zero-order valence-corrected chi connectivity index (χ0v) is 12.9. The van der Waals surface area contributed by atoms with Crippen molar-refractivity contribution in [2.75, 3.05) is 13.6 Å². The predicted octanol–water partition coefficient (Wildman–Crippen LogP) is 1.79. The molecule has 7 heteroatoms. The van der Waals surface area contributed by atoms with Gasteiger partial charge in [0.1, 0.15) is 0 Å². The largest absolute Gasteiger partial charge is 0.386 e. The molecule has 116 valence electrons. The van der Waals surface area contributed by atoms with E-state index >= 15 is 0 Å².